The Morgan fingerprint density at radius 1 is 0.833 bits per heavy atom. The van der Waals surface area contributed by atoms with Gasteiger partial charge in [0.25, 0.3) is 5.91 Å². The third-order valence-corrected chi connectivity index (χ3v) is 6.89. The van der Waals surface area contributed by atoms with Crippen LogP contribution < -0.4 is 9.64 Å². The molecular formula is C31H23BrN2O2. The van der Waals surface area contributed by atoms with Crippen LogP contribution in [0.5, 0.6) is 5.75 Å². The fourth-order valence-electron chi connectivity index (χ4n) is 4.75. The van der Waals surface area contributed by atoms with E-state index >= 15 is 0 Å². The van der Waals surface area contributed by atoms with Crippen molar-refractivity contribution in [2.24, 2.45) is 0 Å². The Hall–Kier alpha value is -4.09. The van der Waals surface area contributed by atoms with Gasteiger partial charge in [-0.3, -0.25) is 9.69 Å². The number of carbonyl (C=O) groups excluding carboxylic acids is 1. The fourth-order valence-corrected chi connectivity index (χ4v) is 5.11. The molecule has 0 fully saturated rings. The smallest absolute Gasteiger partial charge is 0.263 e. The molecule has 4 nitrogen and oxygen atoms in total. The van der Waals surface area contributed by atoms with Gasteiger partial charge >= 0.3 is 0 Å². The van der Waals surface area contributed by atoms with Crippen molar-refractivity contribution in [1.82, 2.24) is 4.57 Å². The van der Waals surface area contributed by atoms with Crippen LogP contribution in [-0.4, -0.2) is 17.1 Å². The largest absolute Gasteiger partial charge is 0.492 e. The maximum atomic E-state index is 13.7. The molecule has 1 aliphatic rings. The van der Waals surface area contributed by atoms with Crippen molar-refractivity contribution in [2.45, 2.75) is 6.54 Å². The Morgan fingerprint density at radius 2 is 1.56 bits per heavy atom. The minimum atomic E-state index is -0.0225. The number of nitrogens with zero attached hydrogens (tertiary/aromatic N) is 2. The zero-order valence-corrected chi connectivity index (χ0v) is 21.1. The first-order chi connectivity index (χ1) is 17.7. The first-order valence-corrected chi connectivity index (χ1v) is 12.7. The van der Waals surface area contributed by atoms with Crippen LogP contribution in [0, 0.1) is 0 Å². The molecule has 36 heavy (non-hydrogen) atoms. The number of para-hydroxylation sites is 3. The van der Waals surface area contributed by atoms with Crippen LogP contribution in [0.3, 0.4) is 0 Å². The van der Waals surface area contributed by atoms with E-state index in [1.165, 1.54) is 0 Å². The molecule has 0 aliphatic carbocycles. The van der Waals surface area contributed by atoms with Gasteiger partial charge in [-0.2, -0.15) is 0 Å². The normalized spacial score (nSPS) is 14.0. The summed E-state index contributed by atoms with van der Waals surface area (Å²) in [6.07, 6.45) is 4.13. The van der Waals surface area contributed by atoms with Gasteiger partial charge in [-0.05, 0) is 54.6 Å². The molecule has 1 aromatic heterocycles. The zero-order chi connectivity index (χ0) is 24.5. The van der Waals surface area contributed by atoms with Crippen molar-refractivity contribution < 1.29 is 9.53 Å². The van der Waals surface area contributed by atoms with E-state index < -0.39 is 0 Å². The summed E-state index contributed by atoms with van der Waals surface area (Å²) in [7, 11) is 0. The highest BCUT2D eigenvalue weighted by atomic mass is 79.9. The van der Waals surface area contributed by atoms with Crippen molar-refractivity contribution >= 4 is 55.8 Å². The Kier molecular flexibility index (Phi) is 5.91. The number of fused-ring (bicyclic) bond motifs is 2. The van der Waals surface area contributed by atoms with Gasteiger partial charge in [0.15, 0.2) is 0 Å². The molecule has 176 valence electrons. The number of hydrogen-bond acceptors (Lipinski definition) is 2. The van der Waals surface area contributed by atoms with E-state index in [0.29, 0.717) is 18.7 Å². The van der Waals surface area contributed by atoms with Crippen LogP contribution in [0.25, 0.3) is 22.6 Å². The van der Waals surface area contributed by atoms with Crippen LogP contribution >= 0.6 is 15.9 Å². The fraction of sp³-hybridized carbons (Fsp3) is 0.0645. The van der Waals surface area contributed by atoms with E-state index in [9.17, 15) is 4.79 Å². The van der Waals surface area contributed by atoms with E-state index in [4.69, 9.17) is 4.74 Å². The quantitative estimate of drug-likeness (QED) is 0.209. The molecule has 5 aromatic rings. The number of hydrogen-bond donors (Lipinski definition) is 0. The molecule has 0 spiro atoms. The highest BCUT2D eigenvalue weighted by Gasteiger charge is 2.33. The van der Waals surface area contributed by atoms with Crippen LogP contribution in [0.2, 0.25) is 0 Å². The molecule has 4 aromatic carbocycles. The molecule has 1 aliphatic heterocycles. The number of rotatable bonds is 6. The van der Waals surface area contributed by atoms with E-state index in [1.807, 2.05) is 97.1 Å². The summed E-state index contributed by atoms with van der Waals surface area (Å²) in [6.45, 7) is 1.24. The molecule has 5 heteroatoms. The van der Waals surface area contributed by atoms with Gasteiger partial charge in [0.05, 0.1) is 17.8 Å². The van der Waals surface area contributed by atoms with Crippen molar-refractivity contribution in [3.63, 3.8) is 0 Å². The number of amides is 1. The van der Waals surface area contributed by atoms with E-state index in [1.54, 1.807) is 4.90 Å². The SMILES string of the molecule is O=C1/C(=C/c2cn(CCOc3ccccc3)c3ccc(Br)cc23)c2ccccc2N1c1ccccc1. The maximum Gasteiger partial charge on any atom is 0.263 e. The first kappa shape index (κ1) is 22.4. The van der Waals surface area contributed by atoms with Gasteiger partial charge in [0.2, 0.25) is 0 Å². The predicted molar refractivity (Wildman–Crippen MR) is 149 cm³/mol. The maximum absolute atomic E-state index is 13.7. The molecule has 0 saturated carbocycles. The number of halogens is 1. The third-order valence-electron chi connectivity index (χ3n) is 6.40. The molecule has 0 bridgehead atoms. The molecule has 0 N–H and O–H groups in total. The lowest BCUT2D eigenvalue weighted by Gasteiger charge is -2.16. The second-order valence-corrected chi connectivity index (χ2v) is 9.57. The lowest BCUT2D eigenvalue weighted by atomic mass is 10.0. The summed E-state index contributed by atoms with van der Waals surface area (Å²) in [5.74, 6) is 0.832. The van der Waals surface area contributed by atoms with Crippen LogP contribution in [0.15, 0.2) is 114 Å². The minimum Gasteiger partial charge on any atom is -0.492 e. The van der Waals surface area contributed by atoms with Crippen molar-refractivity contribution in [3.05, 3.63) is 125 Å². The average Bonchev–Trinajstić information content (AvgIpc) is 3.39. The van der Waals surface area contributed by atoms with Crippen molar-refractivity contribution in [2.75, 3.05) is 11.5 Å². The van der Waals surface area contributed by atoms with Crippen LogP contribution in [0.1, 0.15) is 11.1 Å². The number of aromatic nitrogens is 1. The number of benzene rings is 4. The standard InChI is InChI=1S/C31H23BrN2O2/c32-23-15-16-29-27(20-23)22(21-33(29)17-18-36-25-11-5-2-6-12-25)19-28-26-13-7-8-14-30(26)34(31(28)35)24-9-3-1-4-10-24/h1-16,19-21H,17-18H2/b28-19+. The van der Waals surface area contributed by atoms with Crippen LogP contribution in [0.4, 0.5) is 11.4 Å². The number of anilines is 2. The van der Waals surface area contributed by atoms with Gasteiger partial charge in [-0.1, -0.05) is 70.5 Å². The second kappa shape index (κ2) is 9.51. The summed E-state index contributed by atoms with van der Waals surface area (Å²) < 4.78 is 9.13. The highest BCUT2D eigenvalue weighted by molar-refractivity contribution is 9.10. The topological polar surface area (TPSA) is 34.5 Å². The first-order valence-electron chi connectivity index (χ1n) is 11.9. The summed E-state index contributed by atoms with van der Waals surface area (Å²) in [5, 5.41) is 1.08. The highest BCUT2D eigenvalue weighted by Crippen LogP contribution is 2.42. The predicted octanol–water partition coefficient (Wildman–Crippen LogP) is 7.70. The Morgan fingerprint density at radius 3 is 2.36 bits per heavy atom. The Bertz CT molecular complexity index is 1590. The second-order valence-electron chi connectivity index (χ2n) is 8.65. The monoisotopic (exact) mass is 534 g/mol. The minimum absolute atomic E-state index is 0.0225. The van der Waals surface area contributed by atoms with Crippen molar-refractivity contribution in [3.8, 4) is 5.75 Å². The van der Waals surface area contributed by atoms with E-state index in [0.717, 1.165) is 43.6 Å². The van der Waals surface area contributed by atoms with Crippen LogP contribution in [-0.2, 0) is 11.3 Å². The average molecular weight is 535 g/mol. The van der Waals surface area contributed by atoms with E-state index in [-0.39, 0.29) is 5.91 Å². The van der Waals surface area contributed by atoms with E-state index in [2.05, 4.69) is 38.8 Å². The molecule has 0 atom stereocenters. The summed E-state index contributed by atoms with van der Waals surface area (Å²) >= 11 is 3.62. The van der Waals surface area contributed by atoms with Gasteiger partial charge in [0, 0.05) is 38.4 Å². The molecule has 6 rings (SSSR count). The summed E-state index contributed by atoms with van der Waals surface area (Å²) in [5.41, 5.74) is 5.49. The third kappa shape index (κ3) is 4.12. The Labute approximate surface area is 218 Å². The molecule has 0 unspecified atom stereocenters. The van der Waals surface area contributed by atoms with Crippen molar-refractivity contribution in [1.29, 1.82) is 0 Å². The Balaban J connectivity index is 1.39. The summed E-state index contributed by atoms with van der Waals surface area (Å²) in [4.78, 5) is 15.5. The number of ether oxygens (including phenoxy) is 1. The molecule has 2 heterocycles. The number of carbonyl (C=O) groups is 1. The van der Waals surface area contributed by atoms with Gasteiger partial charge in [-0.15, -0.1) is 0 Å². The molecular weight excluding hydrogens is 512 g/mol. The summed E-state index contributed by atoms with van der Waals surface area (Å²) in [6, 6.07) is 33.9. The lowest BCUT2D eigenvalue weighted by molar-refractivity contribution is -0.112. The molecule has 0 radical (unpaired) electrons. The van der Waals surface area contributed by atoms with Gasteiger partial charge < -0.3 is 9.30 Å². The molecule has 0 saturated heterocycles. The van der Waals surface area contributed by atoms with Gasteiger partial charge in [0.1, 0.15) is 12.4 Å². The zero-order valence-electron chi connectivity index (χ0n) is 19.5. The lowest BCUT2D eigenvalue weighted by Crippen LogP contribution is -2.20. The molecule has 1 amide bonds. The van der Waals surface area contributed by atoms with Gasteiger partial charge in [-0.25, -0.2) is 0 Å².